The van der Waals surface area contributed by atoms with E-state index in [2.05, 4.69) is 35.8 Å². The molecule has 1 aliphatic heterocycles. The van der Waals surface area contributed by atoms with Crippen LogP contribution in [0.1, 0.15) is 37.9 Å². The quantitative estimate of drug-likeness (QED) is 0.705. The molecule has 3 aromatic rings. The van der Waals surface area contributed by atoms with Crippen LogP contribution in [0.25, 0.3) is 16.8 Å². The number of aromatic amines is 1. The summed E-state index contributed by atoms with van der Waals surface area (Å²) in [5.41, 5.74) is 2.53. The van der Waals surface area contributed by atoms with Gasteiger partial charge in [0, 0.05) is 43.3 Å². The monoisotopic (exact) mass is 378 g/mol. The second-order valence-electron chi connectivity index (χ2n) is 7.33. The standard InChI is InChI=1S/C17H20F2N6S/c1-2-10-8-24(26-11-5-17(18,19)6-11)9-12(10)16-23-22-14-7-21-15-13(25(14)16)3-4-20-15/h3-4,7,10-12,20H,2,5-6,8-9H2,1H3. The molecule has 9 heteroatoms. The van der Waals surface area contributed by atoms with E-state index in [4.69, 9.17) is 0 Å². The first-order chi connectivity index (χ1) is 12.5. The van der Waals surface area contributed by atoms with Crippen molar-refractivity contribution in [3.05, 3.63) is 24.3 Å². The van der Waals surface area contributed by atoms with Crippen LogP contribution in [0.4, 0.5) is 8.78 Å². The molecule has 4 heterocycles. The summed E-state index contributed by atoms with van der Waals surface area (Å²) in [5, 5.41) is 8.82. The molecule has 26 heavy (non-hydrogen) atoms. The highest BCUT2D eigenvalue weighted by Crippen LogP contribution is 2.47. The summed E-state index contributed by atoms with van der Waals surface area (Å²) in [6.07, 6.45) is 4.62. The molecule has 2 unspecified atom stereocenters. The Morgan fingerprint density at radius 2 is 2.15 bits per heavy atom. The zero-order valence-corrected chi connectivity index (χ0v) is 15.2. The summed E-state index contributed by atoms with van der Waals surface area (Å²) in [4.78, 5) is 7.50. The van der Waals surface area contributed by atoms with E-state index in [1.807, 2.05) is 12.3 Å². The van der Waals surface area contributed by atoms with E-state index < -0.39 is 5.92 Å². The third-order valence-corrected chi connectivity index (χ3v) is 6.81. The molecule has 0 amide bonds. The lowest BCUT2D eigenvalue weighted by atomic mass is 9.93. The second-order valence-corrected chi connectivity index (χ2v) is 8.73. The number of nitrogens with zero attached hydrogens (tertiary/aromatic N) is 5. The number of fused-ring (bicyclic) bond motifs is 3. The summed E-state index contributed by atoms with van der Waals surface area (Å²) in [6.45, 7) is 3.91. The molecule has 1 aliphatic carbocycles. The predicted octanol–water partition coefficient (Wildman–Crippen LogP) is 3.48. The lowest BCUT2D eigenvalue weighted by Crippen LogP contribution is -2.39. The van der Waals surface area contributed by atoms with Crippen LogP contribution in [0.5, 0.6) is 0 Å². The number of hydrogen-bond donors (Lipinski definition) is 1. The molecular weight excluding hydrogens is 358 g/mol. The van der Waals surface area contributed by atoms with E-state index >= 15 is 0 Å². The van der Waals surface area contributed by atoms with E-state index in [-0.39, 0.29) is 24.0 Å². The van der Waals surface area contributed by atoms with Crippen LogP contribution in [-0.4, -0.2) is 53.1 Å². The zero-order valence-electron chi connectivity index (χ0n) is 14.4. The van der Waals surface area contributed by atoms with Gasteiger partial charge in [-0.15, -0.1) is 10.2 Å². The predicted molar refractivity (Wildman–Crippen MR) is 96.3 cm³/mol. The van der Waals surface area contributed by atoms with Crippen LogP contribution in [0.15, 0.2) is 18.5 Å². The Bertz CT molecular complexity index is 945. The lowest BCUT2D eigenvalue weighted by molar-refractivity contribution is -0.0672. The third kappa shape index (κ3) is 2.60. The largest absolute Gasteiger partial charge is 0.345 e. The van der Waals surface area contributed by atoms with Gasteiger partial charge in [0.15, 0.2) is 11.3 Å². The minimum atomic E-state index is -2.46. The van der Waals surface area contributed by atoms with Gasteiger partial charge in [-0.05, 0) is 12.0 Å². The summed E-state index contributed by atoms with van der Waals surface area (Å²) in [6, 6.07) is 1.99. The average molecular weight is 378 g/mol. The van der Waals surface area contributed by atoms with E-state index in [1.54, 1.807) is 18.1 Å². The van der Waals surface area contributed by atoms with Crippen molar-refractivity contribution in [1.29, 1.82) is 0 Å². The maximum atomic E-state index is 13.1. The smallest absolute Gasteiger partial charge is 0.250 e. The highest BCUT2D eigenvalue weighted by Gasteiger charge is 2.47. The summed E-state index contributed by atoms with van der Waals surface area (Å²) in [5.74, 6) is -0.834. The van der Waals surface area contributed by atoms with Gasteiger partial charge in [0.2, 0.25) is 5.92 Å². The van der Waals surface area contributed by atoms with Gasteiger partial charge in [-0.3, -0.25) is 4.40 Å². The summed E-state index contributed by atoms with van der Waals surface area (Å²) < 4.78 is 30.6. The van der Waals surface area contributed by atoms with Gasteiger partial charge in [0.05, 0.1) is 11.7 Å². The van der Waals surface area contributed by atoms with Gasteiger partial charge in [-0.1, -0.05) is 25.3 Å². The topological polar surface area (TPSA) is 62.1 Å². The molecule has 138 valence electrons. The SMILES string of the molecule is CCC1CN(SC2CC(F)(F)C2)CC1c1nnc2cnc3[nH]ccc3n12. The van der Waals surface area contributed by atoms with E-state index in [9.17, 15) is 8.78 Å². The first kappa shape index (κ1) is 16.4. The minimum absolute atomic E-state index is 0.000863. The minimum Gasteiger partial charge on any atom is -0.345 e. The molecule has 2 atom stereocenters. The molecule has 3 aromatic heterocycles. The first-order valence-corrected chi connectivity index (χ1v) is 9.84. The fourth-order valence-electron chi connectivity index (χ4n) is 4.15. The Balaban J connectivity index is 1.44. The normalized spacial score (nSPS) is 26.7. The molecule has 1 N–H and O–H groups in total. The molecule has 5 rings (SSSR count). The molecule has 1 saturated heterocycles. The molecule has 2 aliphatic rings. The molecule has 6 nitrogen and oxygen atoms in total. The lowest BCUT2D eigenvalue weighted by Gasteiger charge is -2.36. The Hall–Kier alpha value is -1.74. The van der Waals surface area contributed by atoms with Crippen molar-refractivity contribution in [3.8, 4) is 0 Å². The zero-order chi connectivity index (χ0) is 17.9. The van der Waals surface area contributed by atoms with Crippen molar-refractivity contribution in [1.82, 2.24) is 28.9 Å². The van der Waals surface area contributed by atoms with Crippen LogP contribution < -0.4 is 0 Å². The number of aromatic nitrogens is 5. The van der Waals surface area contributed by atoms with E-state index in [0.717, 1.165) is 42.1 Å². The number of hydrogen-bond acceptors (Lipinski definition) is 5. The van der Waals surface area contributed by atoms with Crippen molar-refractivity contribution in [2.24, 2.45) is 5.92 Å². The fourth-order valence-corrected chi connectivity index (χ4v) is 5.74. The second kappa shape index (κ2) is 5.88. The fraction of sp³-hybridized carbons (Fsp3) is 0.588. The van der Waals surface area contributed by atoms with Crippen LogP contribution in [0, 0.1) is 5.92 Å². The van der Waals surface area contributed by atoms with Crippen LogP contribution in [0.3, 0.4) is 0 Å². The highest BCUT2D eigenvalue weighted by atomic mass is 32.2. The van der Waals surface area contributed by atoms with Gasteiger partial charge in [-0.2, -0.15) is 0 Å². The van der Waals surface area contributed by atoms with Crippen molar-refractivity contribution in [2.45, 2.75) is 43.3 Å². The van der Waals surface area contributed by atoms with Gasteiger partial charge >= 0.3 is 0 Å². The molecule has 0 bridgehead atoms. The number of nitrogens with one attached hydrogen (secondary N) is 1. The molecule has 0 aromatic carbocycles. The van der Waals surface area contributed by atoms with Gasteiger partial charge in [0.25, 0.3) is 0 Å². The van der Waals surface area contributed by atoms with Gasteiger partial charge in [0.1, 0.15) is 5.82 Å². The maximum absolute atomic E-state index is 13.1. The highest BCUT2D eigenvalue weighted by molar-refractivity contribution is 7.97. The molecule has 1 saturated carbocycles. The molecular formula is C17H20F2N6S. The molecule has 0 radical (unpaired) electrons. The van der Waals surface area contributed by atoms with Crippen molar-refractivity contribution in [3.63, 3.8) is 0 Å². The Morgan fingerprint density at radius 1 is 1.31 bits per heavy atom. The van der Waals surface area contributed by atoms with Crippen molar-refractivity contribution < 1.29 is 8.78 Å². The first-order valence-electron chi connectivity index (χ1n) is 9.01. The number of rotatable bonds is 4. The number of alkyl halides is 2. The third-order valence-electron chi connectivity index (χ3n) is 5.58. The van der Waals surface area contributed by atoms with Gasteiger partial charge in [-0.25, -0.2) is 18.1 Å². The Kier molecular flexibility index (Phi) is 3.72. The maximum Gasteiger partial charge on any atom is 0.250 e. The number of H-pyrrole nitrogens is 1. The summed E-state index contributed by atoms with van der Waals surface area (Å²) in [7, 11) is 0. The van der Waals surface area contributed by atoms with Crippen molar-refractivity contribution >= 4 is 28.8 Å². The average Bonchev–Trinajstić information content (AvgIpc) is 3.29. The van der Waals surface area contributed by atoms with Crippen LogP contribution in [0.2, 0.25) is 0 Å². The number of halogens is 2. The van der Waals surface area contributed by atoms with Crippen molar-refractivity contribution in [2.75, 3.05) is 13.1 Å². The van der Waals surface area contributed by atoms with Gasteiger partial charge < -0.3 is 4.98 Å². The van der Waals surface area contributed by atoms with E-state index in [0.29, 0.717) is 5.92 Å². The molecule has 0 spiro atoms. The van der Waals surface area contributed by atoms with Crippen LogP contribution >= 0.6 is 11.9 Å². The Morgan fingerprint density at radius 3 is 2.92 bits per heavy atom. The summed E-state index contributed by atoms with van der Waals surface area (Å²) >= 11 is 1.60. The van der Waals surface area contributed by atoms with E-state index in [1.165, 1.54) is 0 Å². The van der Waals surface area contributed by atoms with Crippen LogP contribution in [-0.2, 0) is 0 Å². The molecule has 2 fully saturated rings. The Labute approximate surface area is 153 Å².